The van der Waals surface area contributed by atoms with Gasteiger partial charge in [-0.1, -0.05) is 68.6 Å². The summed E-state index contributed by atoms with van der Waals surface area (Å²) in [6.07, 6.45) is 27.8. The summed E-state index contributed by atoms with van der Waals surface area (Å²) >= 11 is 0. The maximum atomic E-state index is 10.6. The summed E-state index contributed by atoms with van der Waals surface area (Å²) in [5.74, 6) is 0. The summed E-state index contributed by atoms with van der Waals surface area (Å²) in [5, 5.41) is 0. The molecule has 0 aliphatic carbocycles. The Morgan fingerprint density at radius 3 is 2.12 bits per heavy atom. The molecular weight excluding hydrogens is 306 g/mol. The van der Waals surface area contributed by atoms with Crippen LogP contribution in [0.4, 0.5) is 0 Å². The van der Waals surface area contributed by atoms with Gasteiger partial charge in [0.25, 0.3) is 0 Å². The molecule has 1 aromatic rings. The third-order valence-electron chi connectivity index (χ3n) is 4.33. The summed E-state index contributed by atoms with van der Waals surface area (Å²) in [5.41, 5.74) is 1.87. The largest absolute Gasteiger partial charge is 0.356 e. The zero-order valence-corrected chi connectivity index (χ0v) is 15.9. The van der Waals surface area contributed by atoms with Gasteiger partial charge in [-0.3, -0.25) is 4.79 Å². The SMILES string of the molecule is C/C=C\C/C=C\C/C=C\CCCCCCCCCc1ccc(C=O)[nH]1. The number of hydrogen-bond donors (Lipinski definition) is 1. The quantitative estimate of drug-likeness (QED) is 0.209. The predicted octanol–water partition coefficient (Wildman–Crippen LogP) is 6.96. The van der Waals surface area contributed by atoms with Gasteiger partial charge in [-0.05, 0) is 57.6 Å². The lowest BCUT2D eigenvalue weighted by molar-refractivity contribution is 0.111. The highest BCUT2D eigenvalue weighted by Gasteiger charge is 1.98. The molecular formula is C23H35NO. The van der Waals surface area contributed by atoms with E-state index in [0.717, 1.165) is 25.5 Å². The molecule has 0 saturated carbocycles. The van der Waals surface area contributed by atoms with E-state index in [9.17, 15) is 4.79 Å². The van der Waals surface area contributed by atoms with Crippen molar-refractivity contribution < 1.29 is 4.79 Å². The number of carbonyl (C=O) groups excluding carboxylic acids is 1. The molecule has 0 aliphatic heterocycles. The first-order valence-electron chi connectivity index (χ1n) is 9.91. The zero-order valence-electron chi connectivity index (χ0n) is 15.9. The van der Waals surface area contributed by atoms with E-state index in [0.29, 0.717) is 5.69 Å². The van der Waals surface area contributed by atoms with E-state index in [1.165, 1.54) is 57.1 Å². The molecule has 0 aliphatic rings. The summed E-state index contributed by atoms with van der Waals surface area (Å²) in [6, 6.07) is 3.88. The van der Waals surface area contributed by atoms with Crippen LogP contribution in [0.2, 0.25) is 0 Å². The van der Waals surface area contributed by atoms with E-state index in [1.54, 1.807) is 0 Å². The van der Waals surface area contributed by atoms with Crippen LogP contribution in [0.5, 0.6) is 0 Å². The molecule has 2 heteroatoms. The number of nitrogens with one attached hydrogen (secondary N) is 1. The van der Waals surface area contributed by atoms with E-state index in [-0.39, 0.29) is 0 Å². The minimum absolute atomic E-state index is 0.689. The third-order valence-corrected chi connectivity index (χ3v) is 4.33. The highest BCUT2D eigenvalue weighted by atomic mass is 16.1. The van der Waals surface area contributed by atoms with Crippen molar-refractivity contribution in [2.45, 2.75) is 77.6 Å². The van der Waals surface area contributed by atoms with Crippen molar-refractivity contribution in [3.63, 3.8) is 0 Å². The Hall–Kier alpha value is -1.83. The lowest BCUT2D eigenvalue weighted by Crippen LogP contribution is -1.88. The second kappa shape index (κ2) is 15.7. The van der Waals surface area contributed by atoms with E-state index in [4.69, 9.17) is 0 Å². The normalized spacial score (nSPS) is 12.0. The van der Waals surface area contributed by atoms with Crippen LogP contribution >= 0.6 is 0 Å². The number of hydrogen-bond acceptors (Lipinski definition) is 1. The van der Waals surface area contributed by atoms with Gasteiger partial charge in [0.05, 0.1) is 5.69 Å². The fourth-order valence-electron chi connectivity index (χ4n) is 2.83. The molecule has 0 fully saturated rings. The number of carbonyl (C=O) groups is 1. The van der Waals surface area contributed by atoms with E-state index in [2.05, 4.69) is 48.4 Å². The molecule has 1 N–H and O–H groups in total. The summed E-state index contributed by atoms with van der Waals surface area (Å²) in [7, 11) is 0. The Kier molecular flexibility index (Phi) is 13.3. The van der Waals surface area contributed by atoms with Gasteiger partial charge in [-0.25, -0.2) is 0 Å². The molecule has 0 saturated heterocycles. The van der Waals surface area contributed by atoms with Crippen LogP contribution in [-0.4, -0.2) is 11.3 Å². The molecule has 1 rings (SSSR count). The highest BCUT2D eigenvalue weighted by Crippen LogP contribution is 2.11. The topological polar surface area (TPSA) is 32.9 Å². The number of aldehydes is 1. The first-order chi connectivity index (χ1) is 12.4. The second-order valence-corrected chi connectivity index (χ2v) is 6.55. The molecule has 0 amide bonds. The predicted molar refractivity (Wildman–Crippen MR) is 109 cm³/mol. The Labute approximate surface area is 154 Å². The van der Waals surface area contributed by atoms with E-state index < -0.39 is 0 Å². The first-order valence-corrected chi connectivity index (χ1v) is 9.91. The number of aromatic nitrogens is 1. The van der Waals surface area contributed by atoms with Crippen molar-refractivity contribution in [1.29, 1.82) is 0 Å². The number of H-pyrrole nitrogens is 1. The molecule has 0 unspecified atom stereocenters. The van der Waals surface area contributed by atoms with Gasteiger partial charge in [0.2, 0.25) is 0 Å². The fraction of sp³-hybridized carbons (Fsp3) is 0.522. The maximum Gasteiger partial charge on any atom is 0.166 e. The van der Waals surface area contributed by atoms with Crippen LogP contribution in [0.1, 0.15) is 87.3 Å². The number of allylic oxidation sites excluding steroid dienone is 6. The number of unbranched alkanes of at least 4 members (excludes halogenated alkanes) is 7. The molecule has 0 radical (unpaired) electrons. The molecule has 0 spiro atoms. The van der Waals surface area contributed by atoms with Gasteiger partial charge in [0.1, 0.15) is 0 Å². The summed E-state index contributed by atoms with van der Waals surface area (Å²) in [4.78, 5) is 13.7. The molecule has 25 heavy (non-hydrogen) atoms. The third kappa shape index (κ3) is 12.2. The van der Waals surface area contributed by atoms with Crippen molar-refractivity contribution >= 4 is 6.29 Å². The average Bonchev–Trinajstić information content (AvgIpc) is 3.09. The van der Waals surface area contributed by atoms with Crippen LogP contribution in [0.25, 0.3) is 0 Å². The molecule has 138 valence electrons. The van der Waals surface area contributed by atoms with Crippen molar-refractivity contribution in [2.24, 2.45) is 0 Å². The fourth-order valence-corrected chi connectivity index (χ4v) is 2.83. The van der Waals surface area contributed by atoms with Crippen molar-refractivity contribution in [1.82, 2.24) is 4.98 Å². The van der Waals surface area contributed by atoms with Crippen LogP contribution in [-0.2, 0) is 6.42 Å². The minimum atomic E-state index is 0.689. The van der Waals surface area contributed by atoms with E-state index >= 15 is 0 Å². The maximum absolute atomic E-state index is 10.6. The van der Waals surface area contributed by atoms with E-state index in [1.807, 2.05) is 12.1 Å². The van der Waals surface area contributed by atoms with Crippen LogP contribution in [0.3, 0.4) is 0 Å². The number of aromatic amines is 1. The van der Waals surface area contributed by atoms with Crippen LogP contribution < -0.4 is 0 Å². The van der Waals surface area contributed by atoms with Gasteiger partial charge in [-0.2, -0.15) is 0 Å². The molecule has 1 aromatic heterocycles. The Morgan fingerprint density at radius 1 is 0.800 bits per heavy atom. The molecule has 0 aromatic carbocycles. The first kappa shape index (κ1) is 21.2. The van der Waals surface area contributed by atoms with Crippen molar-refractivity contribution in [2.75, 3.05) is 0 Å². The Balaban J connectivity index is 1.84. The lowest BCUT2D eigenvalue weighted by atomic mass is 10.1. The summed E-state index contributed by atoms with van der Waals surface area (Å²) in [6.45, 7) is 2.06. The molecule has 0 bridgehead atoms. The zero-order chi connectivity index (χ0) is 18.0. The average molecular weight is 342 g/mol. The van der Waals surface area contributed by atoms with Gasteiger partial charge in [0.15, 0.2) is 6.29 Å². The highest BCUT2D eigenvalue weighted by molar-refractivity contribution is 5.71. The molecule has 0 atom stereocenters. The van der Waals surface area contributed by atoms with Crippen molar-refractivity contribution in [3.05, 3.63) is 60.0 Å². The number of rotatable bonds is 15. The standard InChI is InChI=1S/C23H35NO/c1-2-3-4-5-6-7-8-9-10-11-12-13-14-15-16-17-18-22-19-20-23(21-25)24-22/h2-3,5-6,8-9,19-21,24H,4,7,10-18H2,1H3/b3-2-,6-5-,9-8-. The Bertz CT molecular complexity index is 522. The summed E-state index contributed by atoms with van der Waals surface area (Å²) < 4.78 is 0. The van der Waals surface area contributed by atoms with Gasteiger partial charge >= 0.3 is 0 Å². The molecule has 1 heterocycles. The van der Waals surface area contributed by atoms with Crippen LogP contribution in [0, 0.1) is 0 Å². The monoisotopic (exact) mass is 341 g/mol. The van der Waals surface area contributed by atoms with Crippen molar-refractivity contribution in [3.8, 4) is 0 Å². The number of aryl methyl sites for hydroxylation is 1. The lowest BCUT2D eigenvalue weighted by Gasteiger charge is -2.01. The minimum Gasteiger partial charge on any atom is -0.356 e. The van der Waals surface area contributed by atoms with Gasteiger partial charge in [0, 0.05) is 5.69 Å². The smallest absolute Gasteiger partial charge is 0.166 e. The van der Waals surface area contributed by atoms with Crippen LogP contribution in [0.15, 0.2) is 48.6 Å². The Morgan fingerprint density at radius 2 is 1.44 bits per heavy atom. The second-order valence-electron chi connectivity index (χ2n) is 6.55. The van der Waals surface area contributed by atoms with Gasteiger partial charge < -0.3 is 4.98 Å². The van der Waals surface area contributed by atoms with Gasteiger partial charge in [-0.15, -0.1) is 0 Å². The molecule has 2 nitrogen and oxygen atoms in total.